The van der Waals surface area contributed by atoms with Crippen molar-refractivity contribution in [2.24, 2.45) is 5.84 Å². The number of amides is 1. The van der Waals surface area contributed by atoms with Crippen molar-refractivity contribution in [3.05, 3.63) is 11.8 Å². The SMILES string of the molecule is Cc1cc(SCC(=O)NN)nc(N2CCCCC2)n1. The van der Waals surface area contributed by atoms with Crippen LogP contribution in [0.15, 0.2) is 11.1 Å². The molecule has 19 heavy (non-hydrogen) atoms. The lowest BCUT2D eigenvalue weighted by Gasteiger charge is -2.27. The molecule has 0 saturated carbocycles. The number of nitrogens with one attached hydrogen (secondary N) is 1. The highest BCUT2D eigenvalue weighted by molar-refractivity contribution is 7.99. The van der Waals surface area contributed by atoms with Gasteiger partial charge in [-0.2, -0.15) is 0 Å². The number of nitrogens with two attached hydrogens (primary N) is 1. The third-order valence-corrected chi connectivity index (χ3v) is 3.88. The number of aromatic nitrogens is 2. The van der Waals surface area contributed by atoms with Gasteiger partial charge < -0.3 is 4.90 Å². The second-order valence-corrected chi connectivity index (χ2v) is 5.55. The standard InChI is InChI=1S/C12H19N5OS/c1-9-7-11(19-8-10(18)16-13)15-12(14-9)17-5-3-2-4-6-17/h7H,2-6,8,13H2,1H3,(H,16,18). The molecule has 1 aromatic heterocycles. The summed E-state index contributed by atoms with van der Waals surface area (Å²) in [5.74, 6) is 5.90. The summed E-state index contributed by atoms with van der Waals surface area (Å²) in [5, 5.41) is 0.816. The quantitative estimate of drug-likeness (QED) is 0.280. The molecule has 0 unspecified atom stereocenters. The Balaban J connectivity index is 2.07. The summed E-state index contributed by atoms with van der Waals surface area (Å²) in [6, 6.07) is 1.89. The monoisotopic (exact) mass is 281 g/mol. The molecule has 0 aromatic carbocycles. The molecule has 1 amide bonds. The summed E-state index contributed by atoms with van der Waals surface area (Å²) in [4.78, 5) is 22.4. The zero-order chi connectivity index (χ0) is 13.7. The predicted molar refractivity (Wildman–Crippen MR) is 75.9 cm³/mol. The average Bonchev–Trinajstić information content (AvgIpc) is 2.45. The Labute approximate surface area is 117 Å². The Morgan fingerprint density at radius 1 is 1.42 bits per heavy atom. The Hall–Kier alpha value is -1.34. The molecule has 0 radical (unpaired) electrons. The number of piperidine rings is 1. The van der Waals surface area contributed by atoms with Crippen molar-refractivity contribution in [2.75, 3.05) is 23.7 Å². The number of hydrogen-bond acceptors (Lipinski definition) is 6. The zero-order valence-corrected chi connectivity index (χ0v) is 11.9. The number of aryl methyl sites for hydroxylation is 1. The van der Waals surface area contributed by atoms with Gasteiger partial charge in [0.25, 0.3) is 0 Å². The Bertz CT molecular complexity index is 448. The van der Waals surface area contributed by atoms with E-state index in [0.717, 1.165) is 29.8 Å². The van der Waals surface area contributed by atoms with Gasteiger partial charge in [-0.05, 0) is 32.3 Å². The van der Waals surface area contributed by atoms with Crippen molar-refractivity contribution in [1.29, 1.82) is 0 Å². The lowest BCUT2D eigenvalue weighted by molar-refractivity contribution is -0.118. The van der Waals surface area contributed by atoms with Crippen molar-refractivity contribution in [3.63, 3.8) is 0 Å². The third-order valence-electron chi connectivity index (χ3n) is 2.97. The van der Waals surface area contributed by atoms with Crippen molar-refractivity contribution in [3.8, 4) is 0 Å². The van der Waals surface area contributed by atoms with Gasteiger partial charge in [-0.3, -0.25) is 10.2 Å². The smallest absolute Gasteiger partial charge is 0.244 e. The van der Waals surface area contributed by atoms with Gasteiger partial charge >= 0.3 is 0 Å². The molecule has 1 aliphatic rings. The maximum atomic E-state index is 11.1. The van der Waals surface area contributed by atoms with E-state index >= 15 is 0 Å². The molecule has 7 heteroatoms. The minimum Gasteiger partial charge on any atom is -0.341 e. The highest BCUT2D eigenvalue weighted by Crippen LogP contribution is 2.21. The molecule has 1 saturated heterocycles. The van der Waals surface area contributed by atoms with Crippen molar-refractivity contribution >= 4 is 23.6 Å². The first kappa shape index (κ1) is 14.1. The van der Waals surface area contributed by atoms with Gasteiger partial charge in [0.15, 0.2) is 0 Å². The van der Waals surface area contributed by atoms with Gasteiger partial charge in [0.1, 0.15) is 5.03 Å². The van der Waals surface area contributed by atoms with Crippen LogP contribution in [0.5, 0.6) is 0 Å². The number of nitrogens with zero attached hydrogens (tertiary/aromatic N) is 3. The molecule has 0 atom stereocenters. The zero-order valence-electron chi connectivity index (χ0n) is 11.1. The van der Waals surface area contributed by atoms with Crippen LogP contribution in [0.2, 0.25) is 0 Å². The summed E-state index contributed by atoms with van der Waals surface area (Å²) in [7, 11) is 0. The van der Waals surface area contributed by atoms with E-state index in [9.17, 15) is 4.79 Å². The van der Waals surface area contributed by atoms with E-state index in [2.05, 4.69) is 20.3 Å². The molecule has 0 spiro atoms. The molecule has 1 fully saturated rings. The minimum absolute atomic E-state index is 0.208. The largest absolute Gasteiger partial charge is 0.341 e. The number of carbonyl (C=O) groups is 1. The average molecular weight is 281 g/mol. The highest BCUT2D eigenvalue weighted by Gasteiger charge is 2.15. The number of rotatable bonds is 4. The van der Waals surface area contributed by atoms with Gasteiger partial charge in [0.2, 0.25) is 11.9 Å². The van der Waals surface area contributed by atoms with E-state index in [0.29, 0.717) is 0 Å². The fourth-order valence-corrected chi connectivity index (χ4v) is 2.78. The second kappa shape index (κ2) is 6.72. The maximum Gasteiger partial charge on any atom is 0.244 e. The molecular weight excluding hydrogens is 262 g/mol. The van der Waals surface area contributed by atoms with E-state index in [-0.39, 0.29) is 11.7 Å². The lowest BCUT2D eigenvalue weighted by Crippen LogP contribution is -2.32. The van der Waals surface area contributed by atoms with E-state index in [4.69, 9.17) is 5.84 Å². The maximum absolute atomic E-state index is 11.1. The summed E-state index contributed by atoms with van der Waals surface area (Å²) >= 11 is 1.38. The fraction of sp³-hybridized carbons (Fsp3) is 0.583. The summed E-state index contributed by atoms with van der Waals surface area (Å²) < 4.78 is 0. The number of hydrogen-bond donors (Lipinski definition) is 2. The molecule has 3 N–H and O–H groups in total. The molecule has 0 aliphatic carbocycles. The van der Waals surface area contributed by atoms with Crippen LogP contribution in [0.1, 0.15) is 25.0 Å². The molecular formula is C12H19N5OS. The number of hydrazine groups is 1. The molecule has 6 nitrogen and oxygen atoms in total. The lowest BCUT2D eigenvalue weighted by atomic mass is 10.1. The molecule has 1 aliphatic heterocycles. The predicted octanol–water partition coefficient (Wildman–Crippen LogP) is 0.857. The van der Waals surface area contributed by atoms with E-state index in [1.165, 1.54) is 31.0 Å². The van der Waals surface area contributed by atoms with Crippen molar-refractivity contribution < 1.29 is 4.79 Å². The van der Waals surface area contributed by atoms with Crippen molar-refractivity contribution in [1.82, 2.24) is 15.4 Å². The molecule has 2 heterocycles. The minimum atomic E-state index is -0.208. The van der Waals surface area contributed by atoms with Crippen LogP contribution in [0.4, 0.5) is 5.95 Å². The van der Waals surface area contributed by atoms with E-state index in [1.54, 1.807) is 0 Å². The summed E-state index contributed by atoms with van der Waals surface area (Å²) in [6.07, 6.45) is 3.66. The first-order chi connectivity index (χ1) is 9.19. The van der Waals surface area contributed by atoms with Crippen LogP contribution in [-0.2, 0) is 4.79 Å². The number of thioether (sulfide) groups is 1. The van der Waals surface area contributed by atoms with Crippen LogP contribution in [0.25, 0.3) is 0 Å². The van der Waals surface area contributed by atoms with Gasteiger partial charge in [-0.25, -0.2) is 15.8 Å². The second-order valence-electron chi connectivity index (χ2n) is 4.55. The van der Waals surface area contributed by atoms with Crippen LogP contribution < -0.4 is 16.2 Å². The Morgan fingerprint density at radius 3 is 2.84 bits per heavy atom. The van der Waals surface area contributed by atoms with Gasteiger partial charge in [0.05, 0.1) is 5.75 Å². The number of anilines is 1. The Morgan fingerprint density at radius 2 is 2.16 bits per heavy atom. The van der Waals surface area contributed by atoms with E-state index < -0.39 is 0 Å². The molecule has 1 aromatic rings. The number of carbonyl (C=O) groups excluding carboxylic acids is 1. The van der Waals surface area contributed by atoms with Crippen LogP contribution in [-0.4, -0.2) is 34.7 Å². The first-order valence-corrected chi connectivity index (χ1v) is 7.40. The normalized spacial score (nSPS) is 15.4. The third kappa shape index (κ3) is 4.07. The summed E-state index contributed by atoms with van der Waals surface area (Å²) in [5.41, 5.74) is 3.04. The molecule has 104 valence electrons. The molecule has 0 bridgehead atoms. The van der Waals surface area contributed by atoms with Gasteiger partial charge in [-0.15, -0.1) is 0 Å². The first-order valence-electron chi connectivity index (χ1n) is 6.42. The van der Waals surface area contributed by atoms with Crippen LogP contribution in [0, 0.1) is 6.92 Å². The van der Waals surface area contributed by atoms with Crippen LogP contribution in [0.3, 0.4) is 0 Å². The topological polar surface area (TPSA) is 84.1 Å². The Kier molecular flexibility index (Phi) is 4.98. The van der Waals surface area contributed by atoms with E-state index in [1.807, 2.05) is 13.0 Å². The fourth-order valence-electron chi connectivity index (χ4n) is 2.01. The van der Waals surface area contributed by atoms with Crippen LogP contribution >= 0.6 is 11.8 Å². The molecule has 2 rings (SSSR count). The van der Waals surface area contributed by atoms with Gasteiger partial charge in [0, 0.05) is 18.8 Å². The highest BCUT2D eigenvalue weighted by atomic mass is 32.2. The summed E-state index contributed by atoms with van der Waals surface area (Å²) in [6.45, 7) is 3.97. The van der Waals surface area contributed by atoms with Crippen molar-refractivity contribution in [2.45, 2.75) is 31.2 Å². The van der Waals surface area contributed by atoms with Gasteiger partial charge in [-0.1, -0.05) is 11.8 Å².